The van der Waals surface area contributed by atoms with Crippen LogP contribution in [0.4, 0.5) is 0 Å². The Labute approximate surface area is 130 Å². The SMILES string of the molecule is C=CC(=O)OC(=O)COc1ccc(Cl)cc1Cl.[MgH2]. The fourth-order valence-corrected chi connectivity index (χ4v) is 1.38. The normalized spacial score (nSPS) is 9.00. The molecule has 18 heavy (non-hydrogen) atoms. The summed E-state index contributed by atoms with van der Waals surface area (Å²) in [5.41, 5.74) is 0. The maximum atomic E-state index is 11.1. The van der Waals surface area contributed by atoms with Crippen molar-refractivity contribution in [3.8, 4) is 5.75 Å². The number of benzene rings is 1. The van der Waals surface area contributed by atoms with Crippen molar-refractivity contribution < 1.29 is 19.1 Å². The highest BCUT2D eigenvalue weighted by molar-refractivity contribution is 6.35. The lowest BCUT2D eigenvalue weighted by Crippen LogP contribution is -2.17. The van der Waals surface area contributed by atoms with E-state index in [4.69, 9.17) is 27.9 Å². The summed E-state index contributed by atoms with van der Waals surface area (Å²) in [7, 11) is 0. The minimum Gasteiger partial charge on any atom is -0.480 e. The standard InChI is InChI=1S/C11H8Cl2O4.Mg.2H/c1-2-10(14)17-11(15)6-16-9-4-3-7(12)5-8(9)13;;;/h2-5H,1,6H2;;;. The van der Waals surface area contributed by atoms with Crippen LogP contribution in [-0.2, 0) is 14.3 Å². The first-order valence-corrected chi connectivity index (χ1v) is 5.23. The van der Waals surface area contributed by atoms with Crippen LogP contribution >= 0.6 is 23.2 Å². The van der Waals surface area contributed by atoms with Crippen LogP contribution in [0.1, 0.15) is 0 Å². The van der Waals surface area contributed by atoms with Gasteiger partial charge in [0.1, 0.15) is 5.75 Å². The van der Waals surface area contributed by atoms with E-state index in [0.717, 1.165) is 6.08 Å². The number of hydrogen-bond acceptors (Lipinski definition) is 4. The molecule has 0 fully saturated rings. The lowest BCUT2D eigenvalue weighted by molar-refractivity contribution is -0.157. The third kappa shape index (κ3) is 5.73. The van der Waals surface area contributed by atoms with Crippen LogP contribution in [0.25, 0.3) is 0 Å². The van der Waals surface area contributed by atoms with Gasteiger partial charge in [-0.25, -0.2) is 9.59 Å². The second kappa shape index (κ2) is 8.37. The van der Waals surface area contributed by atoms with E-state index >= 15 is 0 Å². The van der Waals surface area contributed by atoms with Crippen LogP contribution in [-0.4, -0.2) is 41.6 Å². The number of esters is 2. The second-order valence-corrected chi connectivity index (χ2v) is 3.70. The number of hydrogen-bond donors (Lipinski definition) is 0. The summed E-state index contributed by atoms with van der Waals surface area (Å²) in [4.78, 5) is 21.8. The average molecular weight is 301 g/mol. The van der Waals surface area contributed by atoms with Gasteiger partial charge in [-0.3, -0.25) is 0 Å². The van der Waals surface area contributed by atoms with Crippen LogP contribution in [0.2, 0.25) is 10.0 Å². The van der Waals surface area contributed by atoms with E-state index in [1.165, 1.54) is 12.1 Å². The van der Waals surface area contributed by atoms with Crippen LogP contribution in [0.5, 0.6) is 5.75 Å². The van der Waals surface area contributed by atoms with Gasteiger partial charge in [0.25, 0.3) is 0 Å². The molecule has 1 rings (SSSR count). The zero-order valence-electron chi connectivity index (χ0n) is 8.61. The molecular formula is C11H10Cl2MgO4. The predicted octanol–water partition coefficient (Wildman–Crippen LogP) is 1.71. The molecule has 0 N–H and O–H groups in total. The Morgan fingerprint density at radius 2 is 2.00 bits per heavy atom. The predicted molar refractivity (Wildman–Crippen MR) is 71.8 cm³/mol. The van der Waals surface area contributed by atoms with E-state index < -0.39 is 18.5 Å². The Kier molecular flexibility index (Phi) is 8.02. The molecule has 0 radical (unpaired) electrons. The van der Waals surface area contributed by atoms with E-state index in [1.54, 1.807) is 6.07 Å². The molecule has 1 aromatic rings. The number of ether oxygens (including phenoxy) is 2. The number of halogens is 2. The van der Waals surface area contributed by atoms with Crippen molar-refractivity contribution in [1.29, 1.82) is 0 Å². The highest BCUT2D eigenvalue weighted by atomic mass is 35.5. The molecule has 0 saturated heterocycles. The molecule has 4 nitrogen and oxygen atoms in total. The summed E-state index contributed by atoms with van der Waals surface area (Å²) < 4.78 is 9.34. The molecule has 0 aliphatic rings. The molecule has 0 atom stereocenters. The second-order valence-electron chi connectivity index (χ2n) is 2.86. The first-order chi connectivity index (χ1) is 8.02. The van der Waals surface area contributed by atoms with Crippen molar-refractivity contribution in [2.75, 3.05) is 6.61 Å². The summed E-state index contributed by atoms with van der Waals surface area (Å²) in [5.74, 6) is -1.39. The van der Waals surface area contributed by atoms with Gasteiger partial charge in [-0.15, -0.1) is 0 Å². The zero-order chi connectivity index (χ0) is 12.8. The molecule has 0 spiro atoms. The highest BCUT2D eigenvalue weighted by Gasteiger charge is 2.10. The van der Waals surface area contributed by atoms with Gasteiger partial charge in [-0.05, 0) is 18.2 Å². The third-order valence-electron chi connectivity index (χ3n) is 1.62. The fourth-order valence-electron chi connectivity index (χ4n) is 0.912. The van der Waals surface area contributed by atoms with Gasteiger partial charge < -0.3 is 9.47 Å². The third-order valence-corrected chi connectivity index (χ3v) is 2.15. The summed E-state index contributed by atoms with van der Waals surface area (Å²) in [6.07, 6.45) is 0.882. The molecule has 0 unspecified atom stereocenters. The summed E-state index contributed by atoms with van der Waals surface area (Å²) in [5, 5.41) is 0.715. The van der Waals surface area contributed by atoms with Crippen molar-refractivity contribution in [1.82, 2.24) is 0 Å². The largest absolute Gasteiger partial charge is 0.480 e. The molecule has 94 valence electrons. The van der Waals surface area contributed by atoms with Gasteiger partial charge in [0.05, 0.1) is 5.02 Å². The summed E-state index contributed by atoms with van der Waals surface area (Å²) in [6.45, 7) is 2.72. The van der Waals surface area contributed by atoms with E-state index in [9.17, 15) is 9.59 Å². The van der Waals surface area contributed by atoms with E-state index in [-0.39, 0.29) is 33.8 Å². The Morgan fingerprint density at radius 1 is 1.33 bits per heavy atom. The van der Waals surface area contributed by atoms with Crippen LogP contribution < -0.4 is 4.74 Å². The molecule has 1 aromatic carbocycles. The molecule has 0 aliphatic heterocycles. The number of rotatable bonds is 4. The molecular weight excluding hydrogens is 291 g/mol. The van der Waals surface area contributed by atoms with E-state index in [1.807, 2.05) is 0 Å². The fraction of sp³-hybridized carbons (Fsp3) is 0.0909. The Hall–Kier alpha value is -0.754. The highest BCUT2D eigenvalue weighted by Crippen LogP contribution is 2.27. The van der Waals surface area contributed by atoms with Gasteiger partial charge >= 0.3 is 35.0 Å². The van der Waals surface area contributed by atoms with Crippen LogP contribution in [0.15, 0.2) is 30.9 Å². The molecule has 0 aliphatic carbocycles. The van der Waals surface area contributed by atoms with Gasteiger partial charge in [0.15, 0.2) is 6.61 Å². The average Bonchev–Trinajstić information content (AvgIpc) is 2.27. The van der Waals surface area contributed by atoms with E-state index in [2.05, 4.69) is 11.3 Å². The molecule has 0 amide bonds. The lowest BCUT2D eigenvalue weighted by Gasteiger charge is -2.06. The topological polar surface area (TPSA) is 52.6 Å². The molecule has 0 saturated carbocycles. The molecule has 0 heterocycles. The van der Waals surface area contributed by atoms with Crippen molar-refractivity contribution in [3.05, 3.63) is 40.9 Å². The Morgan fingerprint density at radius 3 is 2.56 bits per heavy atom. The number of carbonyl (C=O) groups excluding carboxylic acids is 2. The molecule has 0 bridgehead atoms. The lowest BCUT2D eigenvalue weighted by atomic mass is 10.3. The quantitative estimate of drug-likeness (QED) is 0.368. The van der Waals surface area contributed by atoms with Gasteiger partial charge in [0, 0.05) is 11.1 Å². The van der Waals surface area contributed by atoms with Gasteiger partial charge in [-0.2, -0.15) is 0 Å². The first-order valence-electron chi connectivity index (χ1n) is 4.48. The van der Waals surface area contributed by atoms with Gasteiger partial charge in [0.2, 0.25) is 0 Å². The van der Waals surface area contributed by atoms with Crippen molar-refractivity contribution in [2.45, 2.75) is 0 Å². The monoisotopic (exact) mass is 300 g/mol. The minimum absolute atomic E-state index is 0. The summed E-state index contributed by atoms with van der Waals surface area (Å²) >= 11 is 11.5. The molecule has 7 heteroatoms. The maximum absolute atomic E-state index is 11.1. The van der Waals surface area contributed by atoms with Crippen LogP contribution in [0, 0.1) is 0 Å². The van der Waals surface area contributed by atoms with Gasteiger partial charge in [-0.1, -0.05) is 29.8 Å². The minimum atomic E-state index is -0.833. The van der Waals surface area contributed by atoms with Crippen molar-refractivity contribution >= 4 is 58.2 Å². The van der Waals surface area contributed by atoms with Crippen molar-refractivity contribution in [2.24, 2.45) is 0 Å². The zero-order valence-corrected chi connectivity index (χ0v) is 10.1. The molecule has 0 aromatic heterocycles. The van der Waals surface area contributed by atoms with Crippen molar-refractivity contribution in [3.63, 3.8) is 0 Å². The van der Waals surface area contributed by atoms with E-state index in [0.29, 0.717) is 5.02 Å². The maximum Gasteiger partial charge on any atom is 0.352 e. The Bertz CT molecular complexity index is 462. The smallest absolute Gasteiger partial charge is 0.352 e. The summed E-state index contributed by atoms with van der Waals surface area (Å²) in [6, 6.07) is 4.54. The first kappa shape index (κ1) is 17.2. The number of carbonyl (C=O) groups is 2. The Balaban J connectivity index is 0.00000289. The van der Waals surface area contributed by atoms with Crippen LogP contribution in [0.3, 0.4) is 0 Å².